The van der Waals surface area contributed by atoms with E-state index in [2.05, 4.69) is 17.5 Å². The third-order valence-corrected chi connectivity index (χ3v) is 2.53. The molecular formula is C9H16N2O2S. The van der Waals surface area contributed by atoms with Crippen LogP contribution in [0.25, 0.3) is 0 Å². The van der Waals surface area contributed by atoms with Crippen LogP contribution in [0.15, 0.2) is 0 Å². The highest BCUT2D eigenvalue weighted by Gasteiger charge is 2.32. The van der Waals surface area contributed by atoms with E-state index in [4.69, 9.17) is 10.5 Å². The van der Waals surface area contributed by atoms with Gasteiger partial charge in [-0.25, -0.2) is 0 Å². The number of thiocarbonyl (C=S) groups is 1. The van der Waals surface area contributed by atoms with Crippen molar-refractivity contribution in [3.63, 3.8) is 0 Å². The molecule has 4 nitrogen and oxygen atoms in total. The van der Waals surface area contributed by atoms with Crippen LogP contribution in [0.5, 0.6) is 0 Å². The minimum atomic E-state index is -0.0330. The summed E-state index contributed by atoms with van der Waals surface area (Å²) in [5.41, 5.74) is 5.29. The Bertz CT molecular complexity index is 233. The topological polar surface area (TPSA) is 64.3 Å². The quantitative estimate of drug-likeness (QED) is 0.659. The molecule has 1 saturated heterocycles. The average Bonchev–Trinajstić information content (AvgIpc) is 2.61. The van der Waals surface area contributed by atoms with Crippen LogP contribution in [-0.4, -0.2) is 30.2 Å². The lowest BCUT2D eigenvalue weighted by Crippen LogP contribution is -2.39. The van der Waals surface area contributed by atoms with E-state index in [-0.39, 0.29) is 24.5 Å². The molecule has 0 saturated carbocycles. The van der Waals surface area contributed by atoms with Crippen molar-refractivity contribution in [2.75, 3.05) is 13.2 Å². The average molecular weight is 216 g/mol. The first-order valence-corrected chi connectivity index (χ1v) is 5.23. The molecule has 0 bridgehead atoms. The fourth-order valence-electron chi connectivity index (χ4n) is 1.66. The van der Waals surface area contributed by atoms with Gasteiger partial charge in [0, 0.05) is 6.61 Å². The monoisotopic (exact) mass is 216 g/mol. The van der Waals surface area contributed by atoms with Crippen LogP contribution in [-0.2, 0) is 9.53 Å². The van der Waals surface area contributed by atoms with E-state index in [9.17, 15) is 4.79 Å². The molecule has 1 aliphatic rings. The second-order valence-corrected chi connectivity index (χ2v) is 3.92. The first-order chi connectivity index (χ1) is 6.65. The largest absolute Gasteiger partial charge is 0.392 e. The molecule has 0 aromatic heterocycles. The van der Waals surface area contributed by atoms with Gasteiger partial charge in [0.05, 0.1) is 23.6 Å². The summed E-state index contributed by atoms with van der Waals surface area (Å²) in [6.07, 6.45) is 1.72. The Labute approximate surface area is 89.2 Å². The maximum absolute atomic E-state index is 11.6. The van der Waals surface area contributed by atoms with Crippen LogP contribution in [0.1, 0.15) is 19.8 Å². The Balaban J connectivity index is 2.39. The number of carbonyl (C=O) groups is 1. The first kappa shape index (κ1) is 11.4. The Morgan fingerprint density at radius 2 is 2.43 bits per heavy atom. The van der Waals surface area contributed by atoms with Crippen molar-refractivity contribution in [2.24, 2.45) is 11.7 Å². The highest BCUT2D eigenvalue weighted by Crippen LogP contribution is 2.23. The fraction of sp³-hybridized carbons (Fsp3) is 0.778. The highest BCUT2D eigenvalue weighted by atomic mass is 32.1. The molecule has 14 heavy (non-hydrogen) atoms. The lowest BCUT2D eigenvalue weighted by atomic mass is 9.99. The van der Waals surface area contributed by atoms with Gasteiger partial charge in [0.15, 0.2) is 0 Å². The standard InChI is InChI=1S/C9H16N2O2S/c1-2-7-6(3-4-13-7)9(12)11-5-8(10)14/h6-7H,2-5H2,1H3,(H2,10,14)(H,11,12). The van der Waals surface area contributed by atoms with E-state index in [1.165, 1.54) is 0 Å². The Morgan fingerprint density at radius 1 is 1.71 bits per heavy atom. The molecule has 1 rings (SSSR count). The third kappa shape index (κ3) is 2.92. The second kappa shape index (κ2) is 5.26. The van der Waals surface area contributed by atoms with E-state index >= 15 is 0 Å². The van der Waals surface area contributed by atoms with Crippen LogP contribution in [0.3, 0.4) is 0 Å². The van der Waals surface area contributed by atoms with Crippen molar-refractivity contribution in [1.82, 2.24) is 5.32 Å². The van der Waals surface area contributed by atoms with E-state index < -0.39 is 0 Å². The van der Waals surface area contributed by atoms with Crippen molar-refractivity contribution in [1.29, 1.82) is 0 Å². The molecule has 1 amide bonds. The van der Waals surface area contributed by atoms with Crippen molar-refractivity contribution < 1.29 is 9.53 Å². The highest BCUT2D eigenvalue weighted by molar-refractivity contribution is 7.80. The minimum Gasteiger partial charge on any atom is -0.392 e. The van der Waals surface area contributed by atoms with E-state index in [1.54, 1.807) is 0 Å². The van der Waals surface area contributed by atoms with E-state index in [0.717, 1.165) is 12.8 Å². The Hall–Kier alpha value is -0.680. The Morgan fingerprint density at radius 3 is 3.00 bits per heavy atom. The van der Waals surface area contributed by atoms with Crippen LogP contribution >= 0.6 is 12.2 Å². The minimum absolute atomic E-state index is 0.00199. The smallest absolute Gasteiger partial charge is 0.226 e. The summed E-state index contributed by atoms with van der Waals surface area (Å²) in [6.45, 7) is 2.97. The number of hydrogen-bond acceptors (Lipinski definition) is 3. The molecule has 0 aliphatic carbocycles. The second-order valence-electron chi connectivity index (χ2n) is 3.40. The number of nitrogens with two attached hydrogens (primary N) is 1. The van der Waals surface area contributed by atoms with Crippen molar-refractivity contribution in [2.45, 2.75) is 25.9 Å². The molecule has 0 radical (unpaired) electrons. The van der Waals surface area contributed by atoms with Gasteiger partial charge in [-0.05, 0) is 12.8 Å². The van der Waals surface area contributed by atoms with Crippen LogP contribution < -0.4 is 11.1 Å². The van der Waals surface area contributed by atoms with Crippen LogP contribution in [0.2, 0.25) is 0 Å². The predicted octanol–water partition coefficient (Wildman–Crippen LogP) is 0.204. The summed E-state index contributed by atoms with van der Waals surface area (Å²) in [5, 5.41) is 2.70. The maximum atomic E-state index is 11.6. The summed E-state index contributed by atoms with van der Waals surface area (Å²) in [7, 11) is 0. The molecule has 1 fully saturated rings. The lowest BCUT2D eigenvalue weighted by molar-refractivity contribution is -0.126. The van der Waals surface area contributed by atoms with Gasteiger partial charge in [-0.2, -0.15) is 0 Å². The fourth-order valence-corrected chi connectivity index (χ4v) is 1.73. The first-order valence-electron chi connectivity index (χ1n) is 4.82. The summed E-state index contributed by atoms with van der Waals surface area (Å²) < 4.78 is 5.42. The molecule has 1 heterocycles. The normalized spacial score (nSPS) is 26.1. The van der Waals surface area contributed by atoms with Crippen molar-refractivity contribution in [3.8, 4) is 0 Å². The number of carbonyl (C=O) groups excluding carboxylic acids is 1. The van der Waals surface area contributed by atoms with Crippen LogP contribution in [0, 0.1) is 5.92 Å². The zero-order valence-corrected chi connectivity index (χ0v) is 9.10. The number of nitrogens with one attached hydrogen (secondary N) is 1. The van der Waals surface area contributed by atoms with Gasteiger partial charge >= 0.3 is 0 Å². The maximum Gasteiger partial charge on any atom is 0.226 e. The molecule has 3 N–H and O–H groups in total. The van der Waals surface area contributed by atoms with E-state index in [1.807, 2.05) is 6.92 Å². The molecule has 0 spiro atoms. The van der Waals surface area contributed by atoms with Gasteiger partial charge < -0.3 is 15.8 Å². The number of hydrogen-bond donors (Lipinski definition) is 2. The summed E-state index contributed by atoms with van der Waals surface area (Å²) in [5.74, 6) is -0.0310. The van der Waals surface area contributed by atoms with E-state index in [0.29, 0.717) is 11.6 Å². The molecule has 80 valence electrons. The summed E-state index contributed by atoms with van der Waals surface area (Å²) in [6, 6.07) is 0. The number of ether oxygens (including phenoxy) is 1. The predicted molar refractivity (Wildman–Crippen MR) is 57.9 cm³/mol. The van der Waals surface area contributed by atoms with Gasteiger partial charge in [0.1, 0.15) is 0 Å². The molecule has 0 aromatic rings. The SMILES string of the molecule is CCC1OCCC1C(=O)NCC(N)=S. The van der Waals surface area contributed by atoms with Gasteiger partial charge in [0.2, 0.25) is 5.91 Å². The molecule has 0 aromatic carbocycles. The van der Waals surface area contributed by atoms with Crippen molar-refractivity contribution in [3.05, 3.63) is 0 Å². The molecule has 5 heteroatoms. The van der Waals surface area contributed by atoms with Gasteiger partial charge in [-0.15, -0.1) is 0 Å². The molecule has 2 unspecified atom stereocenters. The van der Waals surface area contributed by atoms with Gasteiger partial charge in [0.25, 0.3) is 0 Å². The van der Waals surface area contributed by atoms with Gasteiger partial charge in [-0.3, -0.25) is 4.79 Å². The summed E-state index contributed by atoms with van der Waals surface area (Å²) in [4.78, 5) is 11.9. The zero-order valence-electron chi connectivity index (χ0n) is 8.29. The van der Waals surface area contributed by atoms with Gasteiger partial charge in [-0.1, -0.05) is 19.1 Å². The third-order valence-electron chi connectivity index (χ3n) is 2.39. The van der Waals surface area contributed by atoms with Crippen LogP contribution in [0.4, 0.5) is 0 Å². The van der Waals surface area contributed by atoms with Crippen molar-refractivity contribution >= 4 is 23.1 Å². The summed E-state index contributed by atoms with van der Waals surface area (Å²) >= 11 is 4.68. The zero-order chi connectivity index (χ0) is 10.6. The molecule has 1 aliphatic heterocycles. The number of amides is 1. The number of rotatable bonds is 4. The molecular weight excluding hydrogens is 200 g/mol. The molecule has 2 atom stereocenters. The lowest BCUT2D eigenvalue weighted by Gasteiger charge is -2.15. The Kier molecular flexibility index (Phi) is 4.28.